The lowest BCUT2D eigenvalue weighted by Crippen LogP contribution is -2.41. The van der Waals surface area contributed by atoms with Gasteiger partial charge in [0.2, 0.25) is 0 Å². The van der Waals surface area contributed by atoms with Gasteiger partial charge in [-0.05, 0) is 76.8 Å². The fourth-order valence-corrected chi connectivity index (χ4v) is 5.27. The zero-order chi connectivity index (χ0) is 28.5. The highest BCUT2D eigenvalue weighted by molar-refractivity contribution is 5.81. The first kappa shape index (κ1) is 28.7. The first-order valence-corrected chi connectivity index (χ1v) is 13.8. The van der Waals surface area contributed by atoms with Gasteiger partial charge in [0.05, 0.1) is 7.11 Å². The quantitative estimate of drug-likeness (QED) is 0.235. The van der Waals surface area contributed by atoms with Gasteiger partial charge in [-0.1, -0.05) is 86.7 Å². The Morgan fingerprint density at radius 3 is 2.27 bits per heavy atom. The third-order valence-corrected chi connectivity index (χ3v) is 7.28. The molecule has 0 heterocycles. The van der Waals surface area contributed by atoms with E-state index in [2.05, 4.69) is 43.4 Å². The van der Waals surface area contributed by atoms with Crippen LogP contribution in [0, 0.1) is 0 Å². The molecule has 2 N–H and O–H groups in total. The Hall–Kier alpha value is -4.32. The molecule has 40 heavy (non-hydrogen) atoms. The van der Waals surface area contributed by atoms with Crippen LogP contribution < -0.4 is 10.1 Å². The molecule has 3 aromatic carbocycles. The van der Waals surface area contributed by atoms with Crippen LogP contribution in [0.25, 0.3) is 16.7 Å². The van der Waals surface area contributed by atoms with Gasteiger partial charge in [-0.2, -0.15) is 0 Å². The van der Waals surface area contributed by atoms with E-state index in [0.717, 1.165) is 52.0 Å². The molecular formula is C34H37NO5. The Morgan fingerprint density at radius 1 is 1.00 bits per heavy atom. The second-order valence-electron chi connectivity index (χ2n) is 9.78. The highest BCUT2D eigenvalue weighted by Crippen LogP contribution is 2.44. The number of ether oxygens (including phenoxy) is 2. The summed E-state index contributed by atoms with van der Waals surface area (Å²) in [6, 6.07) is 21.2. The van der Waals surface area contributed by atoms with E-state index < -0.39 is 18.1 Å². The molecule has 0 spiro atoms. The molecule has 4 rings (SSSR count). The summed E-state index contributed by atoms with van der Waals surface area (Å²) in [6.45, 7) is 4.33. The lowest BCUT2D eigenvalue weighted by Gasteiger charge is -2.17. The van der Waals surface area contributed by atoms with E-state index in [-0.39, 0.29) is 18.9 Å². The molecule has 0 unspecified atom stereocenters. The minimum Gasteiger partial charge on any atom is -0.497 e. The molecule has 1 atom stereocenters. The number of nitrogens with one attached hydrogen (secondary N) is 1. The molecule has 0 radical (unpaired) electrons. The van der Waals surface area contributed by atoms with Crippen molar-refractivity contribution in [3.05, 3.63) is 107 Å². The van der Waals surface area contributed by atoms with Gasteiger partial charge in [-0.25, -0.2) is 9.59 Å². The van der Waals surface area contributed by atoms with Crippen LogP contribution in [-0.2, 0) is 16.0 Å². The Bertz CT molecular complexity index is 1360. The van der Waals surface area contributed by atoms with Crippen molar-refractivity contribution in [1.82, 2.24) is 5.32 Å². The van der Waals surface area contributed by atoms with E-state index in [4.69, 9.17) is 9.47 Å². The monoisotopic (exact) mass is 539 g/mol. The second-order valence-corrected chi connectivity index (χ2v) is 9.78. The molecule has 1 amide bonds. The number of carboxylic acids is 1. The minimum absolute atomic E-state index is 0.0842. The Kier molecular flexibility index (Phi) is 9.79. The standard InChI is InChI=1S/C34H37NO5/c1-4-12-24(26-20-19-25(39-3)21-23(26)5-2)13-6-11-18-32(33(36)37)35-34(38)40-22-31-29-16-9-7-14-27(29)28-15-8-10-17-30(28)31/h6-10,12-17,19-21,31-32H,4-5,11,18,22H2,1-3H3,(H,35,38)(H,36,37)/b13-6-,24-12+/t32-/m0/s1. The molecule has 0 aromatic heterocycles. The van der Waals surface area contributed by atoms with E-state index >= 15 is 0 Å². The molecule has 0 bridgehead atoms. The van der Waals surface area contributed by atoms with Crippen LogP contribution >= 0.6 is 0 Å². The molecule has 6 heteroatoms. The number of aryl methyl sites for hydroxylation is 1. The lowest BCUT2D eigenvalue weighted by molar-refractivity contribution is -0.139. The summed E-state index contributed by atoms with van der Waals surface area (Å²) in [7, 11) is 1.66. The molecule has 1 aliphatic carbocycles. The van der Waals surface area contributed by atoms with Crippen molar-refractivity contribution in [3.8, 4) is 16.9 Å². The third kappa shape index (κ3) is 6.63. The van der Waals surface area contributed by atoms with Crippen LogP contribution in [0.2, 0.25) is 0 Å². The zero-order valence-electron chi connectivity index (χ0n) is 23.4. The van der Waals surface area contributed by atoms with Crippen molar-refractivity contribution in [3.63, 3.8) is 0 Å². The molecule has 3 aromatic rings. The smallest absolute Gasteiger partial charge is 0.407 e. The number of carbonyl (C=O) groups is 2. The van der Waals surface area contributed by atoms with E-state index in [0.29, 0.717) is 6.42 Å². The zero-order valence-corrected chi connectivity index (χ0v) is 23.4. The van der Waals surface area contributed by atoms with Gasteiger partial charge >= 0.3 is 12.1 Å². The summed E-state index contributed by atoms with van der Waals surface area (Å²) in [6.07, 6.45) is 7.88. The van der Waals surface area contributed by atoms with Crippen molar-refractivity contribution in [2.75, 3.05) is 13.7 Å². The van der Waals surface area contributed by atoms with Crippen molar-refractivity contribution < 1.29 is 24.2 Å². The number of hydrogen-bond acceptors (Lipinski definition) is 4. The number of methoxy groups -OCH3 is 1. The number of alkyl carbamates (subject to hydrolysis) is 1. The minimum atomic E-state index is -1.09. The van der Waals surface area contributed by atoms with Crippen LogP contribution in [0.1, 0.15) is 61.3 Å². The number of fused-ring (bicyclic) bond motifs is 3. The molecule has 0 fully saturated rings. The summed E-state index contributed by atoms with van der Waals surface area (Å²) >= 11 is 0. The van der Waals surface area contributed by atoms with E-state index in [9.17, 15) is 14.7 Å². The van der Waals surface area contributed by atoms with Gasteiger partial charge in [-0.3, -0.25) is 0 Å². The number of amides is 1. The largest absolute Gasteiger partial charge is 0.497 e. The molecule has 0 saturated carbocycles. The average Bonchev–Trinajstić information content (AvgIpc) is 3.30. The van der Waals surface area contributed by atoms with Crippen LogP contribution in [0.4, 0.5) is 4.79 Å². The highest BCUT2D eigenvalue weighted by atomic mass is 16.5. The number of rotatable bonds is 12. The number of carbonyl (C=O) groups excluding carboxylic acids is 1. The van der Waals surface area contributed by atoms with E-state index in [1.807, 2.05) is 60.7 Å². The van der Waals surface area contributed by atoms with Crippen molar-refractivity contribution in [1.29, 1.82) is 0 Å². The van der Waals surface area contributed by atoms with Crippen molar-refractivity contribution in [2.24, 2.45) is 0 Å². The maximum atomic E-state index is 12.6. The second kappa shape index (κ2) is 13.7. The SMILES string of the molecule is CC/C=C(\C=C/CC[C@H](NC(=O)OCC1c2ccccc2-c2ccccc21)C(=O)O)c1ccc(OC)cc1CC. The Labute approximate surface area is 236 Å². The summed E-state index contributed by atoms with van der Waals surface area (Å²) in [5.41, 5.74) is 7.89. The maximum absolute atomic E-state index is 12.6. The normalized spacial score (nSPS) is 13.5. The first-order chi connectivity index (χ1) is 19.5. The molecule has 0 saturated heterocycles. The van der Waals surface area contributed by atoms with Gasteiger partial charge in [0.1, 0.15) is 18.4 Å². The topological polar surface area (TPSA) is 84.9 Å². The summed E-state index contributed by atoms with van der Waals surface area (Å²) in [5.74, 6) is -0.349. The fourth-order valence-electron chi connectivity index (χ4n) is 5.27. The predicted molar refractivity (Wildman–Crippen MR) is 159 cm³/mol. The van der Waals surface area contributed by atoms with Crippen LogP contribution in [0.5, 0.6) is 5.75 Å². The molecule has 0 aliphatic heterocycles. The molecule has 1 aliphatic rings. The fraction of sp³-hybridized carbons (Fsp3) is 0.294. The van der Waals surface area contributed by atoms with Gasteiger partial charge < -0.3 is 19.9 Å². The van der Waals surface area contributed by atoms with E-state index in [1.165, 1.54) is 5.56 Å². The molecular weight excluding hydrogens is 502 g/mol. The molecule has 208 valence electrons. The van der Waals surface area contributed by atoms with Crippen LogP contribution in [0.3, 0.4) is 0 Å². The Morgan fingerprint density at radius 2 is 1.68 bits per heavy atom. The van der Waals surface area contributed by atoms with E-state index in [1.54, 1.807) is 7.11 Å². The maximum Gasteiger partial charge on any atom is 0.407 e. The van der Waals surface area contributed by atoms with Gasteiger partial charge in [0.15, 0.2) is 0 Å². The predicted octanol–water partition coefficient (Wildman–Crippen LogP) is 7.38. The van der Waals surface area contributed by atoms with Gasteiger partial charge in [0.25, 0.3) is 0 Å². The summed E-state index contributed by atoms with van der Waals surface area (Å²) in [4.78, 5) is 24.5. The highest BCUT2D eigenvalue weighted by Gasteiger charge is 2.29. The van der Waals surface area contributed by atoms with Gasteiger partial charge in [0, 0.05) is 5.92 Å². The summed E-state index contributed by atoms with van der Waals surface area (Å²) in [5, 5.41) is 12.3. The van der Waals surface area contributed by atoms with Crippen molar-refractivity contribution in [2.45, 2.75) is 51.5 Å². The number of aliphatic carboxylic acids is 1. The number of carboxylic acid groups (broad SMARTS) is 1. The average molecular weight is 540 g/mol. The lowest BCUT2D eigenvalue weighted by atomic mass is 9.96. The van der Waals surface area contributed by atoms with Crippen LogP contribution in [-0.4, -0.2) is 36.9 Å². The first-order valence-electron chi connectivity index (χ1n) is 13.8. The third-order valence-electron chi connectivity index (χ3n) is 7.28. The van der Waals surface area contributed by atoms with Crippen molar-refractivity contribution >= 4 is 17.6 Å². The number of hydrogen-bond donors (Lipinski definition) is 2. The van der Waals surface area contributed by atoms with Gasteiger partial charge in [-0.15, -0.1) is 0 Å². The summed E-state index contributed by atoms with van der Waals surface area (Å²) < 4.78 is 10.9. The van der Waals surface area contributed by atoms with Crippen LogP contribution in [0.15, 0.2) is 85.0 Å². The number of benzene rings is 3. The number of allylic oxidation sites excluding steroid dienone is 4. The molecule has 6 nitrogen and oxygen atoms in total. The Balaban J connectivity index is 1.35.